The van der Waals surface area contributed by atoms with Crippen LogP contribution in [0.4, 0.5) is 5.69 Å². The van der Waals surface area contributed by atoms with Gasteiger partial charge in [-0.1, -0.05) is 18.2 Å². The highest BCUT2D eigenvalue weighted by Gasteiger charge is 2.24. The molecular weight excluding hydrogens is 404 g/mol. The minimum absolute atomic E-state index is 0.175. The zero-order valence-electron chi connectivity index (χ0n) is 13.6. The highest BCUT2D eigenvalue weighted by molar-refractivity contribution is 9.10. The largest absolute Gasteiger partial charge is 0.493 e. The molecule has 0 bridgehead atoms. The first kappa shape index (κ1) is 17.6. The summed E-state index contributed by atoms with van der Waals surface area (Å²) in [5, 5.41) is 3.33. The first-order valence-corrected chi connectivity index (χ1v) is 8.98. The number of carbonyl (C=O) groups is 1. The number of rotatable bonds is 4. The molecule has 5 nitrogen and oxygen atoms in total. The van der Waals surface area contributed by atoms with Crippen molar-refractivity contribution in [3.05, 3.63) is 57.4 Å². The van der Waals surface area contributed by atoms with Crippen molar-refractivity contribution in [2.75, 3.05) is 14.2 Å². The summed E-state index contributed by atoms with van der Waals surface area (Å²) in [6.07, 6.45) is 1.80. The lowest BCUT2D eigenvalue weighted by atomic mass is 10.2. The third-order valence-electron chi connectivity index (χ3n) is 3.43. The summed E-state index contributed by atoms with van der Waals surface area (Å²) >= 11 is 4.75. The van der Waals surface area contributed by atoms with E-state index in [1.54, 1.807) is 26.4 Å². The molecule has 0 atom stereocenters. The molecule has 0 aromatic heterocycles. The van der Waals surface area contributed by atoms with Gasteiger partial charge >= 0.3 is 0 Å². The number of benzene rings is 2. The fourth-order valence-electron chi connectivity index (χ4n) is 2.23. The van der Waals surface area contributed by atoms with E-state index in [2.05, 4.69) is 26.2 Å². The number of nitrogens with one attached hydrogen (secondary N) is 1. The molecular formula is C18H15BrN2O3S. The number of hydrogen-bond acceptors (Lipinski definition) is 5. The maximum absolute atomic E-state index is 12.2. The Bertz CT molecular complexity index is 880. The molecule has 2 aromatic rings. The van der Waals surface area contributed by atoms with Crippen LogP contribution >= 0.6 is 27.7 Å². The molecule has 1 fully saturated rings. The minimum atomic E-state index is -0.175. The van der Waals surface area contributed by atoms with Gasteiger partial charge in [0.1, 0.15) is 0 Å². The van der Waals surface area contributed by atoms with Crippen molar-refractivity contribution in [2.45, 2.75) is 0 Å². The molecule has 25 heavy (non-hydrogen) atoms. The lowest BCUT2D eigenvalue weighted by molar-refractivity contribution is -0.115. The lowest BCUT2D eigenvalue weighted by Gasteiger charge is -2.07. The Morgan fingerprint density at radius 1 is 1.12 bits per heavy atom. The van der Waals surface area contributed by atoms with Gasteiger partial charge in [-0.15, -0.1) is 0 Å². The van der Waals surface area contributed by atoms with Crippen molar-refractivity contribution < 1.29 is 14.3 Å². The topological polar surface area (TPSA) is 59.9 Å². The molecule has 0 aliphatic carbocycles. The van der Waals surface area contributed by atoms with Gasteiger partial charge in [-0.2, -0.15) is 0 Å². The van der Waals surface area contributed by atoms with Crippen molar-refractivity contribution in [3.63, 3.8) is 0 Å². The molecule has 0 saturated carbocycles. The molecule has 1 aliphatic rings. The van der Waals surface area contributed by atoms with Gasteiger partial charge in [0, 0.05) is 4.47 Å². The zero-order chi connectivity index (χ0) is 17.8. The van der Waals surface area contributed by atoms with Gasteiger partial charge in [0.15, 0.2) is 16.7 Å². The van der Waals surface area contributed by atoms with Gasteiger partial charge < -0.3 is 14.8 Å². The van der Waals surface area contributed by atoms with Crippen LogP contribution in [0.1, 0.15) is 5.56 Å². The minimum Gasteiger partial charge on any atom is -0.493 e. The average Bonchev–Trinajstić information content (AvgIpc) is 2.96. The fraction of sp³-hybridized carbons (Fsp3) is 0.111. The van der Waals surface area contributed by atoms with Gasteiger partial charge in [-0.3, -0.25) is 4.79 Å². The summed E-state index contributed by atoms with van der Waals surface area (Å²) in [4.78, 5) is 17.2. The van der Waals surface area contributed by atoms with E-state index in [9.17, 15) is 4.79 Å². The van der Waals surface area contributed by atoms with Gasteiger partial charge in [-0.05, 0) is 63.6 Å². The molecule has 1 heterocycles. The Hall–Kier alpha value is -2.25. The summed E-state index contributed by atoms with van der Waals surface area (Å²) < 4.78 is 11.4. The normalized spacial score (nSPS) is 17.0. The number of halogens is 1. The molecule has 7 heteroatoms. The number of nitrogens with zero attached hydrogens (tertiary/aromatic N) is 1. The summed E-state index contributed by atoms with van der Waals surface area (Å²) in [5.74, 6) is 1.08. The Labute approximate surface area is 158 Å². The van der Waals surface area contributed by atoms with Crippen molar-refractivity contribution >= 4 is 50.5 Å². The van der Waals surface area contributed by atoms with Crippen molar-refractivity contribution in [1.82, 2.24) is 5.32 Å². The number of ether oxygens (including phenoxy) is 2. The van der Waals surface area contributed by atoms with Gasteiger partial charge in [-0.25, -0.2) is 4.99 Å². The van der Waals surface area contributed by atoms with Gasteiger partial charge in [0.05, 0.1) is 24.8 Å². The van der Waals surface area contributed by atoms with E-state index < -0.39 is 0 Å². The summed E-state index contributed by atoms with van der Waals surface area (Å²) in [6.45, 7) is 0. The molecule has 0 spiro atoms. The van der Waals surface area contributed by atoms with Crippen LogP contribution in [0.15, 0.2) is 56.8 Å². The van der Waals surface area contributed by atoms with Crippen LogP contribution in [0.5, 0.6) is 11.5 Å². The van der Waals surface area contributed by atoms with Crippen molar-refractivity contribution in [2.24, 2.45) is 4.99 Å². The SMILES string of the molecule is COc1ccc(/C=C2/SC(=Nc3ccccc3Br)NC2=O)cc1OC. The summed E-state index contributed by atoms with van der Waals surface area (Å²) in [6, 6.07) is 13.1. The molecule has 128 valence electrons. The quantitative estimate of drug-likeness (QED) is 0.749. The smallest absolute Gasteiger partial charge is 0.264 e. The third kappa shape index (κ3) is 4.05. The fourth-order valence-corrected chi connectivity index (χ4v) is 3.43. The molecule has 0 radical (unpaired) electrons. The van der Waals surface area contributed by atoms with Crippen molar-refractivity contribution in [3.8, 4) is 11.5 Å². The number of hydrogen-bond donors (Lipinski definition) is 1. The highest BCUT2D eigenvalue weighted by atomic mass is 79.9. The number of aliphatic imine (C=N–C) groups is 1. The van der Waals surface area contributed by atoms with E-state index in [1.165, 1.54) is 11.8 Å². The Morgan fingerprint density at radius 2 is 1.88 bits per heavy atom. The third-order valence-corrected chi connectivity index (χ3v) is 5.01. The molecule has 2 aromatic carbocycles. The first-order chi connectivity index (χ1) is 12.1. The second-order valence-electron chi connectivity index (χ2n) is 5.05. The van der Waals surface area contributed by atoms with Crippen molar-refractivity contribution in [1.29, 1.82) is 0 Å². The second-order valence-corrected chi connectivity index (χ2v) is 6.93. The first-order valence-electron chi connectivity index (χ1n) is 7.37. The van der Waals surface area contributed by atoms with Crippen LogP contribution in [-0.4, -0.2) is 25.3 Å². The summed E-state index contributed by atoms with van der Waals surface area (Å²) in [5.41, 5.74) is 1.61. The van der Waals surface area contributed by atoms with Gasteiger partial charge in [0.25, 0.3) is 5.91 Å². The predicted molar refractivity (Wildman–Crippen MR) is 104 cm³/mol. The van der Waals surface area contributed by atoms with Crippen LogP contribution in [0.2, 0.25) is 0 Å². The molecule has 1 aliphatic heterocycles. The predicted octanol–water partition coefficient (Wildman–Crippen LogP) is 4.36. The van der Waals surface area contributed by atoms with Crippen LogP contribution in [0, 0.1) is 0 Å². The van der Waals surface area contributed by atoms with E-state index in [-0.39, 0.29) is 5.91 Å². The lowest BCUT2D eigenvalue weighted by Crippen LogP contribution is -2.19. The van der Waals surface area contributed by atoms with E-state index >= 15 is 0 Å². The molecule has 3 rings (SSSR count). The molecule has 1 amide bonds. The van der Waals surface area contributed by atoms with E-state index in [0.29, 0.717) is 21.6 Å². The number of methoxy groups -OCH3 is 2. The van der Waals surface area contributed by atoms with E-state index in [4.69, 9.17) is 9.47 Å². The number of para-hydroxylation sites is 1. The molecule has 0 unspecified atom stereocenters. The molecule has 1 saturated heterocycles. The molecule has 1 N–H and O–H groups in total. The van der Waals surface area contributed by atoms with E-state index in [0.717, 1.165) is 15.7 Å². The number of thioether (sulfide) groups is 1. The maximum atomic E-state index is 12.2. The average molecular weight is 419 g/mol. The number of carbonyl (C=O) groups excluding carboxylic acids is 1. The van der Waals surface area contributed by atoms with E-state index in [1.807, 2.05) is 36.4 Å². The number of amidine groups is 1. The standard InChI is InChI=1S/C18H15BrN2O3S/c1-23-14-8-7-11(9-15(14)24-2)10-16-17(22)21-18(25-16)20-13-6-4-3-5-12(13)19/h3-10H,1-2H3,(H,20,21,22)/b16-10+. The Morgan fingerprint density at radius 3 is 2.60 bits per heavy atom. The van der Waals surface area contributed by atoms with Crippen LogP contribution in [0.3, 0.4) is 0 Å². The monoisotopic (exact) mass is 418 g/mol. The van der Waals surface area contributed by atoms with Crippen LogP contribution in [0.25, 0.3) is 6.08 Å². The van der Waals surface area contributed by atoms with Gasteiger partial charge in [0.2, 0.25) is 0 Å². The Kier molecular flexibility index (Phi) is 5.45. The van der Waals surface area contributed by atoms with Crippen LogP contribution in [-0.2, 0) is 4.79 Å². The highest BCUT2D eigenvalue weighted by Crippen LogP contribution is 2.33. The van der Waals surface area contributed by atoms with Crippen LogP contribution < -0.4 is 14.8 Å². The Balaban J connectivity index is 1.86. The maximum Gasteiger partial charge on any atom is 0.264 e. The zero-order valence-corrected chi connectivity index (χ0v) is 16.0. The second kappa shape index (κ2) is 7.76. The summed E-state index contributed by atoms with van der Waals surface area (Å²) in [7, 11) is 3.16. The number of amides is 1.